The Morgan fingerprint density at radius 1 is 1.36 bits per heavy atom. The molecular formula is C14H22N4O3S. The summed E-state index contributed by atoms with van der Waals surface area (Å²) in [5, 5.41) is 6.98. The van der Waals surface area contributed by atoms with Gasteiger partial charge >= 0.3 is 0 Å². The summed E-state index contributed by atoms with van der Waals surface area (Å²) in [6.07, 6.45) is 4.92. The van der Waals surface area contributed by atoms with E-state index in [0.29, 0.717) is 24.7 Å². The van der Waals surface area contributed by atoms with Crippen molar-refractivity contribution in [2.75, 3.05) is 13.1 Å². The van der Waals surface area contributed by atoms with Gasteiger partial charge in [0.15, 0.2) is 0 Å². The lowest BCUT2D eigenvalue weighted by Gasteiger charge is -2.31. The molecule has 7 nitrogen and oxygen atoms in total. The Bertz CT molecular complexity index is 678. The molecular weight excluding hydrogens is 304 g/mol. The van der Waals surface area contributed by atoms with Gasteiger partial charge < -0.3 is 5.32 Å². The Kier molecular flexibility index (Phi) is 3.98. The van der Waals surface area contributed by atoms with Gasteiger partial charge in [-0.1, -0.05) is 0 Å². The van der Waals surface area contributed by atoms with Crippen molar-refractivity contribution >= 4 is 15.9 Å². The molecule has 1 N–H and O–H groups in total. The second-order valence-corrected chi connectivity index (χ2v) is 8.11. The fraction of sp³-hybridized carbons (Fsp3) is 0.714. The van der Waals surface area contributed by atoms with Gasteiger partial charge in [-0.05, 0) is 32.6 Å². The zero-order valence-electron chi connectivity index (χ0n) is 12.9. The predicted molar refractivity (Wildman–Crippen MR) is 80.6 cm³/mol. The molecule has 1 aromatic heterocycles. The van der Waals surface area contributed by atoms with E-state index in [1.165, 1.54) is 10.5 Å². The van der Waals surface area contributed by atoms with Gasteiger partial charge in [-0.2, -0.15) is 9.40 Å². The highest BCUT2D eigenvalue weighted by molar-refractivity contribution is 7.89. The van der Waals surface area contributed by atoms with E-state index in [9.17, 15) is 13.2 Å². The average molecular weight is 326 g/mol. The molecule has 122 valence electrons. The Labute approximate surface area is 130 Å². The molecule has 0 bridgehead atoms. The van der Waals surface area contributed by atoms with Crippen LogP contribution in [0.2, 0.25) is 0 Å². The maximum Gasteiger partial charge on any atom is 0.246 e. The van der Waals surface area contributed by atoms with Crippen LogP contribution in [0.1, 0.15) is 31.4 Å². The van der Waals surface area contributed by atoms with Crippen LogP contribution in [0.25, 0.3) is 0 Å². The third-order valence-corrected chi connectivity index (χ3v) is 6.45. The van der Waals surface area contributed by atoms with Gasteiger partial charge in [0.1, 0.15) is 4.90 Å². The standard InChI is InChI=1S/C14H22N4O3S/c1-10-13(8-15-17(10)2)22(20,21)18-7-3-4-11(9-18)14(19)16-12-5-6-12/h8,11-12H,3-7,9H2,1-2H3,(H,16,19). The third-order valence-electron chi connectivity index (χ3n) is 4.49. The van der Waals surface area contributed by atoms with E-state index in [0.717, 1.165) is 19.3 Å². The quantitative estimate of drug-likeness (QED) is 0.868. The van der Waals surface area contributed by atoms with Gasteiger partial charge in [0, 0.05) is 26.2 Å². The first-order chi connectivity index (χ1) is 10.4. The van der Waals surface area contributed by atoms with Gasteiger partial charge in [-0.15, -0.1) is 0 Å². The lowest BCUT2D eigenvalue weighted by atomic mass is 9.99. The first kappa shape index (κ1) is 15.5. The van der Waals surface area contributed by atoms with Crippen molar-refractivity contribution in [3.63, 3.8) is 0 Å². The summed E-state index contributed by atoms with van der Waals surface area (Å²) < 4.78 is 28.5. The van der Waals surface area contributed by atoms with Crippen LogP contribution in [0.15, 0.2) is 11.1 Å². The van der Waals surface area contributed by atoms with E-state index < -0.39 is 10.0 Å². The average Bonchev–Trinajstić information content (AvgIpc) is 3.24. The predicted octanol–water partition coefficient (Wildman–Crippen LogP) is 0.408. The lowest BCUT2D eigenvalue weighted by molar-refractivity contribution is -0.126. The number of carbonyl (C=O) groups is 1. The van der Waals surface area contributed by atoms with E-state index in [-0.39, 0.29) is 23.3 Å². The van der Waals surface area contributed by atoms with Gasteiger partial charge in [-0.3, -0.25) is 9.48 Å². The van der Waals surface area contributed by atoms with Crippen LogP contribution in [0.3, 0.4) is 0 Å². The monoisotopic (exact) mass is 326 g/mol. The van der Waals surface area contributed by atoms with Crippen molar-refractivity contribution in [1.29, 1.82) is 0 Å². The lowest BCUT2D eigenvalue weighted by Crippen LogP contribution is -2.45. The minimum atomic E-state index is -3.58. The number of aromatic nitrogens is 2. The van der Waals surface area contributed by atoms with Crippen LogP contribution in [0.5, 0.6) is 0 Å². The molecule has 1 aromatic rings. The molecule has 1 unspecified atom stereocenters. The van der Waals surface area contributed by atoms with Crippen molar-refractivity contribution in [3.8, 4) is 0 Å². The molecule has 1 saturated carbocycles. The Morgan fingerprint density at radius 2 is 2.09 bits per heavy atom. The van der Waals surface area contributed by atoms with Gasteiger partial charge in [-0.25, -0.2) is 8.42 Å². The highest BCUT2D eigenvalue weighted by Gasteiger charge is 2.36. The van der Waals surface area contributed by atoms with Crippen LogP contribution in [0.4, 0.5) is 0 Å². The number of aryl methyl sites for hydroxylation is 1. The van der Waals surface area contributed by atoms with Crippen molar-refractivity contribution in [3.05, 3.63) is 11.9 Å². The van der Waals surface area contributed by atoms with Crippen LogP contribution < -0.4 is 5.32 Å². The Morgan fingerprint density at radius 3 is 2.68 bits per heavy atom. The Hall–Kier alpha value is -1.41. The molecule has 1 saturated heterocycles. The summed E-state index contributed by atoms with van der Waals surface area (Å²) in [7, 11) is -1.86. The summed E-state index contributed by atoms with van der Waals surface area (Å²) in [5.74, 6) is -0.258. The first-order valence-electron chi connectivity index (χ1n) is 7.68. The van der Waals surface area contributed by atoms with E-state index in [1.54, 1.807) is 18.7 Å². The third kappa shape index (κ3) is 2.89. The molecule has 8 heteroatoms. The molecule has 2 fully saturated rings. The number of nitrogens with one attached hydrogen (secondary N) is 1. The molecule has 2 aliphatic rings. The minimum absolute atomic E-state index is 0.00897. The molecule has 1 aliphatic carbocycles. The number of nitrogens with zero attached hydrogens (tertiary/aromatic N) is 3. The van der Waals surface area contributed by atoms with Crippen molar-refractivity contribution in [2.45, 2.75) is 43.5 Å². The summed E-state index contributed by atoms with van der Waals surface area (Å²) in [6, 6.07) is 0.306. The smallest absolute Gasteiger partial charge is 0.246 e. The number of rotatable bonds is 4. The van der Waals surface area contributed by atoms with Crippen molar-refractivity contribution in [2.24, 2.45) is 13.0 Å². The zero-order chi connectivity index (χ0) is 15.9. The number of hydrogen-bond donors (Lipinski definition) is 1. The van der Waals surface area contributed by atoms with Crippen LogP contribution in [-0.2, 0) is 21.9 Å². The maximum atomic E-state index is 12.8. The summed E-state index contributed by atoms with van der Waals surface area (Å²) >= 11 is 0. The molecule has 0 spiro atoms. The summed E-state index contributed by atoms with van der Waals surface area (Å²) in [6.45, 7) is 2.46. The normalized spacial score (nSPS) is 23.5. The second kappa shape index (κ2) is 5.66. The largest absolute Gasteiger partial charge is 0.353 e. The topological polar surface area (TPSA) is 84.3 Å². The molecule has 3 rings (SSSR count). The fourth-order valence-corrected chi connectivity index (χ4v) is 4.50. The number of carbonyl (C=O) groups excluding carboxylic acids is 1. The highest BCUT2D eigenvalue weighted by atomic mass is 32.2. The molecule has 0 aromatic carbocycles. The number of piperidine rings is 1. The second-order valence-electron chi connectivity index (χ2n) is 6.20. The van der Waals surface area contributed by atoms with Crippen molar-refractivity contribution in [1.82, 2.24) is 19.4 Å². The van der Waals surface area contributed by atoms with E-state index >= 15 is 0 Å². The van der Waals surface area contributed by atoms with Gasteiger partial charge in [0.05, 0.1) is 17.8 Å². The summed E-state index contributed by atoms with van der Waals surface area (Å²) in [4.78, 5) is 12.4. The molecule has 1 atom stereocenters. The first-order valence-corrected chi connectivity index (χ1v) is 9.12. The maximum absolute atomic E-state index is 12.8. The zero-order valence-corrected chi connectivity index (χ0v) is 13.8. The van der Waals surface area contributed by atoms with Crippen LogP contribution >= 0.6 is 0 Å². The highest BCUT2D eigenvalue weighted by Crippen LogP contribution is 2.26. The SMILES string of the molecule is Cc1c(S(=O)(=O)N2CCCC(C(=O)NC3CC3)C2)cnn1C. The van der Waals surface area contributed by atoms with E-state index in [4.69, 9.17) is 0 Å². The van der Waals surface area contributed by atoms with Gasteiger partial charge in [0.2, 0.25) is 15.9 Å². The van der Waals surface area contributed by atoms with Gasteiger partial charge in [0.25, 0.3) is 0 Å². The number of sulfonamides is 1. The van der Waals surface area contributed by atoms with Crippen LogP contribution in [0, 0.1) is 12.8 Å². The fourth-order valence-electron chi connectivity index (χ4n) is 2.79. The minimum Gasteiger partial charge on any atom is -0.353 e. The number of amides is 1. The molecule has 2 heterocycles. The molecule has 1 amide bonds. The van der Waals surface area contributed by atoms with E-state index in [2.05, 4.69) is 10.4 Å². The number of hydrogen-bond acceptors (Lipinski definition) is 4. The van der Waals surface area contributed by atoms with E-state index in [1.807, 2.05) is 0 Å². The van der Waals surface area contributed by atoms with Crippen LogP contribution in [-0.4, -0.2) is 47.5 Å². The Balaban J connectivity index is 1.75. The van der Waals surface area contributed by atoms with Crippen molar-refractivity contribution < 1.29 is 13.2 Å². The molecule has 0 radical (unpaired) electrons. The summed E-state index contributed by atoms with van der Waals surface area (Å²) in [5.41, 5.74) is 0.615. The molecule has 1 aliphatic heterocycles. The molecule has 22 heavy (non-hydrogen) atoms.